The maximum absolute atomic E-state index is 13.9. The number of hydrogen-bond donors (Lipinski definition) is 1. The average Bonchev–Trinajstić information content (AvgIpc) is 3.05. The van der Waals surface area contributed by atoms with Gasteiger partial charge in [0, 0.05) is 10.4 Å². The molecule has 3 aromatic rings. The van der Waals surface area contributed by atoms with Gasteiger partial charge in [-0.15, -0.1) is 11.3 Å². The molecular weight excluding hydrogens is 486 g/mol. The summed E-state index contributed by atoms with van der Waals surface area (Å²) in [5.74, 6) is -2.80. The van der Waals surface area contributed by atoms with E-state index in [4.69, 9.17) is 9.84 Å². The number of aryl methyl sites for hydroxylation is 2. The van der Waals surface area contributed by atoms with Crippen LogP contribution in [0.2, 0.25) is 0 Å². The van der Waals surface area contributed by atoms with Crippen LogP contribution < -0.4 is 4.74 Å². The number of benzene rings is 2. The topological polar surface area (TPSA) is 93.6 Å². The zero-order valence-electron chi connectivity index (χ0n) is 17.2. The second-order valence-corrected chi connectivity index (χ2v) is 10.2. The molecule has 0 radical (unpaired) electrons. The van der Waals surface area contributed by atoms with Crippen molar-refractivity contribution < 1.29 is 40.6 Å². The molecule has 0 amide bonds. The van der Waals surface area contributed by atoms with E-state index in [1.165, 1.54) is 18.2 Å². The zero-order valence-corrected chi connectivity index (χ0v) is 18.9. The Labute approximate surface area is 190 Å². The molecule has 0 aliphatic rings. The van der Waals surface area contributed by atoms with Crippen LogP contribution >= 0.6 is 11.3 Å². The van der Waals surface area contributed by atoms with Crippen LogP contribution in [-0.2, 0) is 26.6 Å². The second kappa shape index (κ2) is 9.10. The number of sulfone groups is 1. The van der Waals surface area contributed by atoms with Gasteiger partial charge in [0.25, 0.3) is 0 Å². The Morgan fingerprint density at radius 3 is 2.42 bits per heavy atom. The summed E-state index contributed by atoms with van der Waals surface area (Å²) in [5.41, 5.74) is -0.502. The third-order valence-corrected chi connectivity index (χ3v) is 7.62. The predicted molar refractivity (Wildman–Crippen MR) is 112 cm³/mol. The standard InChI is InChI=1S/C21H17F4NO5S2/c1-11-7-14(4-6-17(11)31-9-19(27)28)33(29,30)10-18-12(2)26-20(32-18)13-3-5-15(16(22)8-13)21(23,24)25/h3-8H,9-10H2,1-2H3,(H,27,28). The van der Waals surface area contributed by atoms with Gasteiger partial charge < -0.3 is 9.84 Å². The number of aromatic nitrogens is 1. The third-order valence-electron chi connectivity index (χ3n) is 4.59. The Kier molecular flexibility index (Phi) is 6.80. The van der Waals surface area contributed by atoms with E-state index in [-0.39, 0.29) is 21.2 Å². The molecule has 33 heavy (non-hydrogen) atoms. The summed E-state index contributed by atoms with van der Waals surface area (Å²) in [6.07, 6.45) is -4.83. The Morgan fingerprint density at radius 2 is 1.85 bits per heavy atom. The van der Waals surface area contributed by atoms with Crippen molar-refractivity contribution in [1.29, 1.82) is 0 Å². The van der Waals surface area contributed by atoms with Gasteiger partial charge in [-0.1, -0.05) is 6.07 Å². The summed E-state index contributed by atoms with van der Waals surface area (Å²) in [6.45, 7) is 2.56. The van der Waals surface area contributed by atoms with E-state index < -0.39 is 45.7 Å². The molecule has 2 aromatic carbocycles. The normalized spacial score (nSPS) is 12.1. The summed E-state index contributed by atoms with van der Waals surface area (Å²) in [7, 11) is -3.83. The first-order valence-electron chi connectivity index (χ1n) is 9.29. The van der Waals surface area contributed by atoms with Crippen LogP contribution in [0.1, 0.15) is 21.7 Å². The van der Waals surface area contributed by atoms with Crippen LogP contribution in [0, 0.1) is 19.7 Å². The number of thiazole rings is 1. The van der Waals surface area contributed by atoms with Gasteiger partial charge in [0.05, 0.1) is 21.9 Å². The highest BCUT2D eigenvalue weighted by Crippen LogP contribution is 2.36. The van der Waals surface area contributed by atoms with Gasteiger partial charge in [0.2, 0.25) is 0 Å². The fourth-order valence-electron chi connectivity index (χ4n) is 2.94. The van der Waals surface area contributed by atoms with Crippen molar-refractivity contribution in [2.24, 2.45) is 0 Å². The van der Waals surface area contributed by atoms with Gasteiger partial charge in [0.15, 0.2) is 16.4 Å². The molecule has 0 fully saturated rings. The molecule has 176 valence electrons. The number of carboxylic acids is 1. The van der Waals surface area contributed by atoms with E-state index in [2.05, 4.69) is 4.98 Å². The Hall–Kier alpha value is -2.99. The number of carboxylic acid groups (broad SMARTS) is 1. The zero-order chi connectivity index (χ0) is 24.6. The Morgan fingerprint density at radius 1 is 1.15 bits per heavy atom. The van der Waals surface area contributed by atoms with E-state index in [1.54, 1.807) is 13.8 Å². The van der Waals surface area contributed by atoms with Crippen molar-refractivity contribution in [3.63, 3.8) is 0 Å². The molecule has 0 saturated heterocycles. The summed E-state index contributed by atoms with van der Waals surface area (Å²) in [5, 5.41) is 8.89. The first-order valence-corrected chi connectivity index (χ1v) is 11.8. The van der Waals surface area contributed by atoms with Crippen molar-refractivity contribution in [2.75, 3.05) is 6.61 Å². The van der Waals surface area contributed by atoms with Gasteiger partial charge >= 0.3 is 12.1 Å². The van der Waals surface area contributed by atoms with Gasteiger partial charge in [0.1, 0.15) is 16.6 Å². The van der Waals surface area contributed by atoms with Gasteiger partial charge in [-0.25, -0.2) is 22.6 Å². The minimum absolute atomic E-state index is 0.0161. The third kappa shape index (κ3) is 5.69. The van der Waals surface area contributed by atoms with Crippen molar-refractivity contribution in [1.82, 2.24) is 4.98 Å². The summed E-state index contributed by atoms with van der Waals surface area (Å²) in [4.78, 5) is 15.2. The second-order valence-electron chi connectivity index (χ2n) is 7.09. The monoisotopic (exact) mass is 503 g/mol. The maximum atomic E-state index is 13.9. The molecular formula is C21H17F4NO5S2. The molecule has 0 saturated carbocycles. The fraction of sp³-hybridized carbons (Fsp3) is 0.238. The molecule has 6 nitrogen and oxygen atoms in total. The van der Waals surface area contributed by atoms with Crippen LogP contribution in [0.3, 0.4) is 0 Å². The molecule has 3 rings (SSSR count). The number of carbonyl (C=O) groups is 1. The van der Waals surface area contributed by atoms with Crippen LogP contribution in [-0.4, -0.2) is 31.1 Å². The molecule has 0 atom stereocenters. The fourth-order valence-corrected chi connectivity index (χ4v) is 5.84. The van der Waals surface area contributed by atoms with Gasteiger partial charge in [-0.05, 0) is 49.7 Å². The number of aliphatic carboxylic acids is 1. The van der Waals surface area contributed by atoms with Crippen molar-refractivity contribution >= 4 is 27.1 Å². The molecule has 1 heterocycles. The molecule has 1 aromatic heterocycles. The van der Waals surface area contributed by atoms with E-state index in [9.17, 15) is 30.8 Å². The molecule has 12 heteroatoms. The summed E-state index contributed by atoms with van der Waals surface area (Å²) >= 11 is 0.947. The lowest BCUT2D eigenvalue weighted by Crippen LogP contribution is -2.10. The number of halogens is 4. The molecule has 0 aliphatic carbocycles. The highest BCUT2D eigenvalue weighted by molar-refractivity contribution is 7.90. The van der Waals surface area contributed by atoms with Crippen LogP contribution in [0.15, 0.2) is 41.3 Å². The molecule has 1 N–H and O–H groups in total. The van der Waals surface area contributed by atoms with Crippen molar-refractivity contribution in [3.05, 3.63) is 63.9 Å². The van der Waals surface area contributed by atoms with Gasteiger partial charge in [-0.2, -0.15) is 13.2 Å². The Balaban J connectivity index is 1.85. The van der Waals surface area contributed by atoms with Crippen LogP contribution in [0.25, 0.3) is 10.6 Å². The summed E-state index contributed by atoms with van der Waals surface area (Å²) in [6, 6.07) is 6.44. The minimum atomic E-state index is -4.83. The maximum Gasteiger partial charge on any atom is 0.419 e. The highest BCUT2D eigenvalue weighted by Gasteiger charge is 2.34. The lowest BCUT2D eigenvalue weighted by Gasteiger charge is -2.09. The summed E-state index contributed by atoms with van der Waals surface area (Å²) < 4.78 is 83.1. The minimum Gasteiger partial charge on any atom is -0.482 e. The van der Waals surface area contributed by atoms with Gasteiger partial charge in [-0.3, -0.25) is 0 Å². The highest BCUT2D eigenvalue weighted by atomic mass is 32.2. The van der Waals surface area contributed by atoms with E-state index in [0.29, 0.717) is 22.2 Å². The Bertz CT molecular complexity index is 1320. The lowest BCUT2D eigenvalue weighted by atomic mass is 10.1. The SMILES string of the molecule is Cc1cc(S(=O)(=O)Cc2sc(-c3ccc(C(F)(F)F)c(F)c3)nc2C)ccc1OCC(=O)O. The lowest BCUT2D eigenvalue weighted by molar-refractivity contribution is -0.140. The number of rotatable bonds is 7. The smallest absolute Gasteiger partial charge is 0.419 e. The predicted octanol–water partition coefficient (Wildman–Crippen LogP) is 5.02. The molecule has 0 unspecified atom stereocenters. The van der Waals surface area contributed by atoms with Crippen LogP contribution in [0.4, 0.5) is 17.6 Å². The molecule has 0 aliphatic heterocycles. The molecule has 0 bridgehead atoms. The first kappa shape index (κ1) is 24.6. The molecule has 0 spiro atoms. The van der Waals surface area contributed by atoms with E-state index in [1.807, 2.05) is 0 Å². The first-order chi connectivity index (χ1) is 15.3. The average molecular weight is 503 g/mol. The number of nitrogens with zero attached hydrogens (tertiary/aromatic N) is 1. The van der Waals surface area contributed by atoms with Crippen molar-refractivity contribution in [3.8, 4) is 16.3 Å². The van der Waals surface area contributed by atoms with Crippen molar-refractivity contribution in [2.45, 2.75) is 30.7 Å². The largest absolute Gasteiger partial charge is 0.482 e. The number of alkyl halides is 3. The van der Waals surface area contributed by atoms with E-state index >= 15 is 0 Å². The number of hydrogen-bond acceptors (Lipinski definition) is 6. The number of ether oxygens (including phenoxy) is 1. The van der Waals surface area contributed by atoms with E-state index in [0.717, 1.165) is 23.5 Å². The van der Waals surface area contributed by atoms with Crippen LogP contribution in [0.5, 0.6) is 5.75 Å². The quantitative estimate of drug-likeness (QED) is 0.455.